The van der Waals surface area contributed by atoms with Gasteiger partial charge in [-0.15, -0.1) is 0 Å². The number of aliphatic carboxylic acids is 1. The number of carboxylic acid groups (broad SMARTS) is 1. The summed E-state index contributed by atoms with van der Waals surface area (Å²) < 4.78 is 0. The molecular weight excluding hydrogens is 228 g/mol. The normalized spacial score (nSPS) is 33.4. The molecule has 0 spiro atoms. The van der Waals surface area contributed by atoms with Crippen LogP contribution in [0.25, 0.3) is 0 Å². The maximum atomic E-state index is 11.3. The van der Waals surface area contributed by atoms with Gasteiger partial charge in [-0.3, -0.25) is 4.79 Å². The highest BCUT2D eigenvalue weighted by molar-refractivity contribution is 5.79. The van der Waals surface area contributed by atoms with E-state index in [1.54, 1.807) is 0 Å². The molecule has 0 aromatic rings. The molecule has 0 aliphatic heterocycles. The van der Waals surface area contributed by atoms with Crippen LogP contribution in [0.15, 0.2) is 0 Å². The topological polar surface area (TPSA) is 66.6 Å². The third-order valence-electron chi connectivity index (χ3n) is 5.05. The highest BCUT2D eigenvalue weighted by Crippen LogP contribution is 2.36. The molecule has 2 atom stereocenters. The fraction of sp³-hybridized carbons (Fsp3) is 0.929. The van der Waals surface area contributed by atoms with E-state index in [9.17, 15) is 9.90 Å². The van der Waals surface area contributed by atoms with Crippen molar-refractivity contribution in [2.45, 2.75) is 62.9 Å². The third kappa shape index (κ3) is 2.69. The summed E-state index contributed by atoms with van der Waals surface area (Å²) in [6.45, 7) is 0.988. The summed E-state index contributed by atoms with van der Waals surface area (Å²) in [4.78, 5) is 13.7. The predicted molar refractivity (Wildman–Crippen MR) is 71.4 cm³/mol. The van der Waals surface area contributed by atoms with E-state index in [2.05, 4.69) is 11.9 Å². The molecule has 3 N–H and O–H groups in total. The minimum Gasteiger partial charge on any atom is -0.480 e. The van der Waals surface area contributed by atoms with Crippen LogP contribution < -0.4 is 5.73 Å². The van der Waals surface area contributed by atoms with Crippen LogP contribution in [0.1, 0.15) is 51.4 Å². The van der Waals surface area contributed by atoms with E-state index in [1.165, 1.54) is 25.7 Å². The van der Waals surface area contributed by atoms with Gasteiger partial charge in [-0.1, -0.05) is 19.3 Å². The van der Waals surface area contributed by atoms with E-state index in [1.807, 2.05) is 0 Å². The van der Waals surface area contributed by atoms with E-state index in [0.717, 1.165) is 25.8 Å². The first kappa shape index (κ1) is 13.8. The Kier molecular flexibility index (Phi) is 4.28. The Bertz CT molecular complexity index is 302. The second-order valence-corrected chi connectivity index (χ2v) is 6.14. The van der Waals surface area contributed by atoms with Gasteiger partial charge in [0.1, 0.15) is 5.54 Å². The third-order valence-corrected chi connectivity index (χ3v) is 5.05. The van der Waals surface area contributed by atoms with E-state index < -0.39 is 11.5 Å². The van der Waals surface area contributed by atoms with E-state index >= 15 is 0 Å². The zero-order valence-electron chi connectivity index (χ0n) is 11.4. The highest BCUT2D eigenvalue weighted by Gasteiger charge is 2.45. The lowest BCUT2D eigenvalue weighted by molar-refractivity contribution is -0.144. The van der Waals surface area contributed by atoms with Gasteiger partial charge in [0.15, 0.2) is 0 Å². The molecule has 2 aliphatic carbocycles. The van der Waals surface area contributed by atoms with Crippen molar-refractivity contribution in [1.82, 2.24) is 4.90 Å². The quantitative estimate of drug-likeness (QED) is 0.785. The minimum absolute atomic E-state index is 0.152. The molecule has 2 fully saturated rings. The molecule has 0 bridgehead atoms. The first-order chi connectivity index (χ1) is 8.54. The Morgan fingerprint density at radius 3 is 2.61 bits per heavy atom. The molecule has 2 saturated carbocycles. The molecule has 104 valence electrons. The molecule has 2 rings (SSSR count). The molecule has 0 radical (unpaired) electrons. The van der Waals surface area contributed by atoms with Crippen LogP contribution >= 0.6 is 0 Å². The van der Waals surface area contributed by atoms with Crippen molar-refractivity contribution in [3.8, 4) is 0 Å². The smallest absolute Gasteiger partial charge is 0.323 e. The minimum atomic E-state index is -0.962. The Balaban J connectivity index is 1.83. The summed E-state index contributed by atoms with van der Waals surface area (Å²) in [5.74, 6) is -0.660. The monoisotopic (exact) mass is 254 g/mol. The van der Waals surface area contributed by atoms with Crippen LogP contribution in [0, 0.1) is 5.92 Å². The average molecular weight is 254 g/mol. The van der Waals surface area contributed by atoms with Gasteiger partial charge in [0.05, 0.1) is 0 Å². The summed E-state index contributed by atoms with van der Waals surface area (Å²) in [6.07, 6.45) is 8.78. The number of rotatable bonds is 5. The second kappa shape index (κ2) is 5.57. The van der Waals surface area contributed by atoms with Gasteiger partial charge in [0, 0.05) is 6.04 Å². The lowest BCUT2D eigenvalue weighted by Crippen LogP contribution is -2.51. The van der Waals surface area contributed by atoms with Crippen molar-refractivity contribution in [3.63, 3.8) is 0 Å². The lowest BCUT2D eigenvalue weighted by Gasteiger charge is -2.30. The van der Waals surface area contributed by atoms with E-state index in [4.69, 9.17) is 5.73 Å². The van der Waals surface area contributed by atoms with Gasteiger partial charge in [-0.2, -0.15) is 0 Å². The fourth-order valence-corrected chi connectivity index (χ4v) is 3.67. The Hall–Kier alpha value is -0.610. The van der Waals surface area contributed by atoms with E-state index in [-0.39, 0.29) is 5.92 Å². The molecule has 4 heteroatoms. The summed E-state index contributed by atoms with van der Waals surface area (Å²) in [6, 6.07) is 0.711. The van der Waals surface area contributed by atoms with Crippen molar-refractivity contribution in [2.75, 3.05) is 13.6 Å². The van der Waals surface area contributed by atoms with Crippen molar-refractivity contribution in [3.05, 3.63) is 0 Å². The van der Waals surface area contributed by atoms with E-state index in [0.29, 0.717) is 12.5 Å². The van der Waals surface area contributed by atoms with Gasteiger partial charge in [0.25, 0.3) is 0 Å². The number of hydrogen-bond donors (Lipinski definition) is 2. The summed E-state index contributed by atoms with van der Waals surface area (Å²) in [7, 11) is 2.17. The van der Waals surface area contributed by atoms with Gasteiger partial charge < -0.3 is 15.7 Å². The van der Waals surface area contributed by atoms with Gasteiger partial charge in [-0.25, -0.2) is 0 Å². The first-order valence-corrected chi connectivity index (χ1v) is 7.26. The maximum absolute atomic E-state index is 11.3. The van der Waals surface area contributed by atoms with Gasteiger partial charge >= 0.3 is 5.97 Å². The fourth-order valence-electron chi connectivity index (χ4n) is 3.67. The van der Waals surface area contributed by atoms with Gasteiger partial charge in [-0.05, 0) is 51.6 Å². The molecule has 18 heavy (non-hydrogen) atoms. The van der Waals surface area contributed by atoms with Crippen LogP contribution in [0.2, 0.25) is 0 Å². The average Bonchev–Trinajstić information content (AvgIpc) is 2.96. The van der Waals surface area contributed by atoms with Gasteiger partial charge in [0.2, 0.25) is 0 Å². The lowest BCUT2D eigenvalue weighted by atomic mass is 9.85. The molecule has 4 nitrogen and oxygen atoms in total. The predicted octanol–water partition coefficient (Wildman–Crippen LogP) is 1.83. The van der Waals surface area contributed by atoms with Crippen molar-refractivity contribution >= 4 is 5.97 Å². The SMILES string of the molecule is CN(CCC1CCCC1(N)C(=O)O)C1CCCC1. The number of hydrogen-bond acceptors (Lipinski definition) is 3. The van der Waals surface area contributed by atoms with Crippen LogP contribution in [0.4, 0.5) is 0 Å². The molecule has 0 aromatic carbocycles. The molecular formula is C14H26N2O2. The first-order valence-electron chi connectivity index (χ1n) is 7.26. The standard InChI is InChI=1S/C14H26N2O2/c1-16(12-6-2-3-7-12)10-8-11-5-4-9-14(11,15)13(17)18/h11-12H,2-10,15H2,1H3,(H,17,18). The zero-order valence-corrected chi connectivity index (χ0v) is 11.4. The van der Waals surface area contributed by atoms with Crippen molar-refractivity contribution < 1.29 is 9.90 Å². The summed E-state index contributed by atoms with van der Waals surface area (Å²) in [5, 5.41) is 9.28. The molecule has 0 saturated heterocycles. The molecule has 0 amide bonds. The molecule has 2 unspecified atom stereocenters. The van der Waals surface area contributed by atoms with Crippen LogP contribution in [-0.4, -0.2) is 41.1 Å². The summed E-state index contributed by atoms with van der Waals surface area (Å²) in [5.41, 5.74) is 5.11. The van der Waals surface area contributed by atoms with Crippen molar-refractivity contribution in [2.24, 2.45) is 11.7 Å². The van der Waals surface area contributed by atoms with Crippen molar-refractivity contribution in [1.29, 1.82) is 0 Å². The molecule has 0 aromatic heterocycles. The van der Waals surface area contributed by atoms with Crippen LogP contribution in [-0.2, 0) is 4.79 Å². The zero-order chi connectivity index (χ0) is 13.2. The largest absolute Gasteiger partial charge is 0.480 e. The number of nitrogens with zero attached hydrogens (tertiary/aromatic N) is 1. The Morgan fingerprint density at radius 1 is 1.33 bits per heavy atom. The summed E-state index contributed by atoms with van der Waals surface area (Å²) >= 11 is 0. The molecule has 0 heterocycles. The Labute approximate surface area is 110 Å². The maximum Gasteiger partial charge on any atom is 0.323 e. The Morgan fingerprint density at radius 2 is 2.00 bits per heavy atom. The van der Waals surface area contributed by atoms with Crippen LogP contribution in [0.3, 0.4) is 0 Å². The molecule has 2 aliphatic rings. The number of nitrogens with two attached hydrogens (primary N) is 1. The highest BCUT2D eigenvalue weighted by atomic mass is 16.4. The number of carbonyl (C=O) groups is 1. The second-order valence-electron chi connectivity index (χ2n) is 6.14. The number of carboxylic acids is 1. The van der Waals surface area contributed by atoms with Crippen LogP contribution in [0.5, 0.6) is 0 Å².